The minimum atomic E-state index is -4.52. The molecular formula is C20H16F5N5O2. The Morgan fingerprint density at radius 2 is 1.88 bits per heavy atom. The fourth-order valence-electron chi connectivity index (χ4n) is 3.28. The van der Waals surface area contributed by atoms with Crippen molar-refractivity contribution in [2.45, 2.75) is 12.1 Å². The first-order valence-corrected chi connectivity index (χ1v) is 9.37. The fraction of sp³-hybridized carbons (Fsp3) is 0.250. The molecule has 0 aliphatic carbocycles. The van der Waals surface area contributed by atoms with Crippen LogP contribution in [0, 0.1) is 0 Å². The highest BCUT2D eigenvalue weighted by Crippen LogP contribution is 2.29. The van der Waals surface area contributed by atoms with E-state index < -0.39 is 43.7 Å². The zero-order valence-electron chi connectivity index (χ0n) is 16.3. The molecule has 0 spiro atoms. The van der Waals surface area contributed by atoms with Gasteiger partial charge in [-0.1, -0.05) is 12.1 Å². The molecule has 1 aliphatic heterocycles. The highest BCUT2D eigenvalue weighted by atomic mass is 19.4. The number of rotatable bonds is 4. The Morgan fingerprint density at radius 3 is 2.56 bits per heavy atom. The van der Waals surface area contributed by atoms with Crippen LogP contribution in [-0.4, -0.2) is 58.0 Å². The van der Waals surface area contributed by atoms with E-state index in [4.69, 9.17) is 0 Å². The van der Waals surface area contributed by atoms with Gasteiger partial charge in [-0.2, -0.15) is 13.2 Å². The second-order valence-corrected chi connectivity index (χ2v) is 7.31. The summed E-state index contributed by atoms with van der Waals surface area (Å²) in [6.07, 6.45) is -1.43. The molecule has 1 aliphatic rings. The van der Waals surface area contributed by atoms with Gasteiger partial charge in [0.05, 0.1) is 25.0 Å². The largest absolute Gasteiger partial charge is 0.405 e. The van der Waals surface area contributed by atoms with E-state index in [9.17, 15) is 31.5 Å². The summed E-state index contributed by atoms with van der Waals surface area (Å²) in [7, 11) is 0. The zero-order valence-corrected chi connectivity index (χ0v) is 16.3. The number of hydrogen-bond donors (Lipinski definition) is 2. The smallest absolute Gasteiger partial charge is 0.329 e. The number of pyridine rings is 1. The number of amides is 3. The van der Waals surface area contributed by atoms with Crippen molar-refractivity contribution in [1.29, 1.82) is 0 Å². The van der Waals surface area contributed by atoms with Gasteiger partial charge in [0.15, 0.2) is 0 Å². The summed E-state index contributed by atoms with van der Waals surface area (Å²) in [5, 5.41) is 4.05. The third kappa shape index (κ3) is 4.63. The Hall–Kier alpha value is -3.70. The average molecular weight is 453 g/mol. The molecule has 3 heterocycles. The second-order valence-electron chi connectivity index (χ2n) is 7.31. The number of hydrogen-bond acceptors (Lipinski definition) is 3. The van der Waals surface area contributed by atoms with Gasteiger partial charge < -0.3 is 15.5 Å². The van der Waals surface area contributed by atoms with Crippen LogP contribution >= 0.6 is 0 Å². The lowest BCUT2D eigenvalue weighted by Gasteiger charge is -2.38. The molecule has 0 unspecified atom stereocenters. The number of fused-ring (bicyclic) bond motifs is 1. The molecule has 3 amide bonds. The average Bonchev–Trinajstić information content (AvgIpc) is 3.13. The molecule has 1 fully saturated rings. The standard InChI is InChI=1S/C20H16F5N5O2/c21-19(22)10-29(11-19)17(31)13-4-5-30-15(8-26-16(30)7-13)12-2-1-3-14(6-12)28-18(32)27-9-20(23,24)25/h1-8H,9-11H2,(H2,27,28,32). The lowest BCUT2D eigenvalue weighted by Crippen LogP contribution is -2.58. The number of anilines is 1. The number of imidazole rings is 1. The molecule has 1 saturated heterocycles. The number of likely N-dealkylation sites (tertiary alicyclic amines) is 1. The molecule has 32 heavy (non-hydrogen) atoms. The quantitative estimate of drug-likeness (QED) is 0.591. The number of urea groups is 1. The highest BCUT2D eigenvalue weighted by molar-refractivity contribution is 5.96. The summed E-state index contributed by atoms with van der Waals surface area (Å²) in [5.41, 5.74) is 2.09. The first kappa shape index (κ1) is 21.5. The molecular weight excluding hydrogens is 437 g/mol. The molecule has 0 atom stereocenters. The van der Waals surface area contributed by atoms with Crippen LogP contribution in [0.5, 0.6) is 0 Å². The molecule has 7 nitrogen and oxygen atoms in total. The van der Waals surface area contributed by atoms with Crippen LogP contribution in [0.4, 0.5) is 32.4 Å². The van der Waals surface area contributed by atoms with Gasteiger partial charge in [0.2, 0.25) is 0 Å². The van der Waals surface area contributed by atoms with E-state index in [-0.39, 0.29) is 11.3 Å². The van der Waals surface area contributed by atoms with Gasteiger partial charge >= 0.3 is 12.2 Å². The third-order valence-corrected chi connectivity index (χ3v) is 4.76. The molecule has 2 N–H and O–H groups in total. The van der Waals surface area contributed by atoms with Crippen LogP contribution in [0.2, 0.25) is 0 Å². The van der Waals surface area contributed by atoms with E-state index in [1.165, 1.54) is 24.4 Å². The Morgan fingerprint density at radius 1 is 1.12 bits per heavy atom. The minimum absolute atomic E-state index is 0.224. The lowest BCUT2D eigenvalue weighted by atomic mass is 10.1. The monoisotopic (exact) mass is 453 g/mol. The number of nitrogens with zero attached hydrogens (tertiary/aromatic N) is 3. The fourth-order valence-corrected chi connectivity index (χ4v) is 3.28. The Bertz CT molecular complexity index is 1180. The number of aromatic nitrogens is 2. The SMILES string of the molecule is O=C(NCC(F)(F)F)Nc1cccc(-c2cnc3cc(C(=O)N4CC(F)(F)C4)ccn23)c1. The van der Waals surface area contributed by atoms with Crippen molar-refractivity contribution in [3.05, 3.63) is 54.4 Å². The van der Waals surface area contributed by atoms with E-state index in [0.717, 1.165) is 4.90 Å². The van der Waals surface area contributed by atoms with Crippen LogP contribution in [0.1, 0.15) is 10.4 Å². The normalized spacial score (nSPS) is 15.3. The van der Waals surface area contributed by atoms with Gasteiger partial charge in [-0.25, -0.2) is 18.6 Å². The van der Waals surface area contributed by atoms with Crippen LogP contribution in [-0.2, 0) is 0 Å². The van der Waals surface area contributed by atoms with Gasteiger partial charge in [-0.05, 0) is 24.3 Å². The van der Waals surface area contributed by atoms with Crippen LogP contribution in [0.25, 0.3) is 16.9 Å². The predicted molar refractivity (Wildman–Crippen MR) is 105 cm³/mol. The predicted octanol–water partition coefficient (Wildman–Crippen LogP) is 3.78. The third-order valence-electron chi connectivity index (χ3n) is 4.76. The Balaban J connectivity index is 1.51. The van der Waals surface area contributed by atoms with Gasteiger partial charge in [-0.15, -0.1) is 0 Å². The van der Waals surface area contributed by atoms with Crippen molar-refractivity contribution in [2.75, 3.05) is 25.0 Å². The first-order valence-electron chi connectivity index (χ1n) is 9.37. The maximum absolute atomic E-state index is 13.0. The maximum Gasteiger partial charge on any atom is 0.405 e. The van der Waals surface area contributed by atoms with E-state index in [1.807, 2.05) is 0 Å². The lowest BCUT2D eigenvalue weighted by molar-refractivity contribution is -0.122. The number of alkyl halides is 5. The molecule has 4 rings (SSSR count). The number of benzene rings is 1. The van der Waals surface area contributed by atoms with Crippen LogP contribution in [0.15, 0.2) is 48.8 Å². The topological polar surface area (TPSA) is 78.7 Å². The molecule has 0 radical (unpaired) electrons. The molecule has 0 saturated carbocycles. The number of nitrogens with one attached hydrogen (secondary N) is 2. The van der Waals surface area contributed by atoms with Crippen LogP contribution in [0.3, 0.4) is 0 Å². The van der Waals surface area contributed by atoms with E-state index in [1.54, 1.807) is 34.1 Å². The van der Waals surface area contributed by atoms with Crippen molar-refractivity contribution in [2.24, 2.45) is 0 Å². The van der Waals surface area contributed by atoms with Crippen molar-refractivity contribution in [1.82, 2.24) is 19.6 Å². The molecule has 1 aromatic carbocycles. The maximum atomic E-state index is 13.0. The van der Waals surface area contributed by atoms with Gasteiger partial charge in [0, 0.05) is 23.0 Å². The Kier molecular flexibility index (Phi) is 5.23. The molecule has 0 bridgehead atoms. The van der Waals surface area contributed by atoms with Crippen molar-refractivity contribution in [3.8, 4) is 11.3 Å². The van der Waals surface area contributed by atoms with Gasteiger partial charge in [0.25, 0.3) is 11.8 Å². The summed E-state index contributed by atoms with van der Waals surface area (Å²) in [6.45, 7) is -2.69. The number of carbonyl (C=O) groups excluding carboxylic acids is 2. The van der Waals surface area contributed by atoms with E-state index in [2.05, 4.69) is 10.3 Å². The molecule has 12 heteroatoms. The van der Waals surface area contributed by atoms with E-state index in [0.29, 0.717) is 16.9 Å². The van der Waals surface area contributed by atoms with E-state index >= 15 is 0 Å². The van der Waals surface area contributed by atoms with Crippen molar-refractivity contribution < 1.29 is 31.5 Å². The molecule has 168 valence electrons. The zero-order chi connectivity index (χ0) is 23.1. The van der Waals surface area contributed by atoms with Crippen molar-refractivity contribution in [3.63, 3.8) is 0 Å². The van der Waals surface area contributed by atoms with Gasteiger partial charge in [0.1, 0.15) is 12.2 Å². The summed E-state index contributed by atoms with van der Waals surface area (Å²) >= 11 is 0. The number of halogens is 5. The second kappa shape index (κ2) is 7.77. The molecule has 3 aromatic rings. The summed E-state index contributed by atoms with van der Waals surface area (Å²) in [6, 6.07) is 8.35. The first-order chi connectivity index (χ1) is 15.0. The minimum Gasteiger partial charge on any atom is -0.329 e. The highest BCUT2D eigenvalue weighted by Gasteiger charge is 2.46. The molecule has 2 aromatic heterocycles. The summed E-state index contributed by atoms with van der Waals surface area (Å²) in [5.74, 6) is -3.37. The van der Waals surface area contributed by atoms with Crippen LogP contribution < -0.4 is 10.6 Å². The van der Waals surface area contributed by atoms with Crippen molar-refractivity contribution >= 4 is 23.3 Å². The number of carbonyl (C=O) groups is 2. The van der Waals surface area contributed by atoms with Gasteiger partial charge in [-0.3, -0.25) is 9.20 Å². The summed E-state index contributed by atoms with van der Waals surface area (Å²) < 4.78 is 64.4. The Labute approximate surface area is 177 Å². The summed E-state index contributed by atoms with van der Waals surface area (Å²) in [4.78, 5) is 29.3.